The SMILES string of the molecule is CC(C)(C)C(C)(C)N(C(=O)OOC(=O)N1C(C)(C)S1(=O)=O)c1ccc(F)c(Br)c1. The summed E-state index contributed by atoms with van der Waals surface area (Å²) in [5.41, 5.74) is -1.06. The van der Waals surface area contributed by atoms with Crippen LogP contribution in [0.1, 0.15) is 48.5 Å². The molecule has 1 aromatic carbocycles. The Morgan fingerprint density at radius 3 is 2.07 bits per heavy atom. The Kier molecular flexibility index (Phi) is 5.74. The van der Waals surface area contributed by atoms with Crippen molar-refractivity contribution in [3.05, 3.63) is 28.5 Å². The highest BCUT2D eigenvalue weighted by Gasteiger charge is 2.68. The summed E-state index contributed by atoms with van der Waals surface area (Å²) in [4.78, 5) is 33.8. The second-order valence-electron chi connectivity index (χ2n) is 8.66. The Morgan fingerprint density at radius 1 is 1.14 bits per heavy atom. The average Bonchev–Trinajstić information content (AvgIpc) is 2.96. The maximum Gasteiger partial charge on any atom is 0.468 e. The summed E-state index contributed by atoms with van der Waals surface area (Å²) in [5, 5.41) is 0. The topological polar surface area (TPSA) is 93.0 Å². The number of hydrogen-bond acceptors (Lipinski definition) is 6. The van der Waals surface area contributed by atoms with Crippen molar-refractivity contribution in [2.24, 2.45) is 5.41 Å². The average molecular weight is 495 g/mol. The van der Waals surface area contributed by atoms with Crippen LogP contribution < -0.4 is 4.90 Å². The molecule has 0 bridgehead atoms. The number of halogens is 2. The summed E-state index contributed by atoms with van der Waals surface area (Å²) < 4.78 is 37.8. The molecule has 11 heteroatoms. The zero-order valence-electron chi connectivity index (χ0n) is 17.2. The van der Waals surface area contributed by atoms with Crippen LogP contribution in [0.15, 0.2) is 22.7 Å². The van der Waals surface area contributed by atoms with E-state index in [0.29, 0.717) is 9.99 Å². The molecule has 0 saturated carbocycles. The molecule has 0 radical (unpaired) electrons. The first-order chi connectivity index (χ1) is 13.0. The maximum atomic E-state index is 13.7. The normalized spacial score (nSPS) is 17.5. The van der Waals surface area contributed by atoms with Gasteiger partial charge in [-0.15, -0.1) is 0 Å². The van der Waals surface area contributed by atoms with E-state index in [2.05, 4.69) is 25.7 Å². The van der Waals surface area contributed by atoms with Crippen molar-refractivity contribution in [2.75, 3.05) is 4.90 Å². The predicted molar refractivity (Wildman–Crippen MR) is 108 cm³/mol. The maximum absolute atomic E-state index is 13.7. The zero-order valence-corrected chi connectivity index (χ0v) is 19.6. The van der Waals surface area contributed by atoms with E-state index in [1.165, 1.54) is 36.9 Å². The minimum Gasteiger partial charge on any atom is -0.269 e. The molecule has 0 N–H and O–H groups in total. The number of amides is 2. The number of carbonyl (C=O) groups is 2. The molecule has 0 aromatic heterocycles. The summed E-state index contributed by atoms with van der Waals surface area (Å²) in [6.07, 6.45) is -2.38. The molecule has 29 heavy (non-hydrogen) atoms. The van der Waals surface area contributed by atoms with Gasteiger partial charge in [0, 0.05) is 5.69 Å². The van der Waals surface area contributed by atoms with E-state index in [0.717, 1.165) is 0 Å². The van der Waals surface area contributed by atoms with E-state index in [1.54, 1.807) is 13.8 Å². The van der Waals surface area contributed by atoms with E-state index >= 15 is 0 Å². The largest absolute Gasteiger partial charge is 0.468 e. The van der Waals surface area contributed by atoms with Gasteiger partial charge in [0.05, 0.1) is 10.0 Å². The van der Waals surface area contributed by atoms with E-state index < -0.39 is 43.9 Å². The molecule has 0 atom stereocenters. The lowest BCUT2D eigenvalue weighted by atomic mass is 9.75. The lowest BCUT2D eigenvalue weighted by Gasteiger charge is -2.46. The summed E-state index contributed by atoms with van der Waals surface area (Å²) in [6, 6.07) is 3.95. The van der Waals surface area contributed by atoms with Crippen LogP contribution in [0.4, 0.5) is 19.7 Å². The van der Waals surface area contributed by atoms with Crippen LogP contribution in [0.3, 0.4) is 0 Å². The summed E-state index contributed by atoms with van der Waals surface area (Å²) >= 11 is 3.08. The molecule has 1 aromatic rings. The van der Waals surface area contributed by atoms with Crippen LogP contribution in [0, 0.1) is 11.2 Å². The smallest absolute Gasteiger partial charge is 0.269 e. The minimum absolute atomic E-state index is 0.131. The molecule has 1 aliphatic heterocycles. The first-order valence-corrected chi connectivity index (χ1v) is 10.9. The van der Waals surface area contributed by atoms with Crippen molar-refractivity contribution in [3.8, 4) is 0 Å². The molecular weight excluding hydrogens is 471 g/mol. The highest BCUT2D eigenvalue weighted by molar-refractivity contribution is 9.10. The van der Waals surface area contributed by atoms with Crippen molar-refractivity contribution in [1.82, 2.24) is 4.31 Å². The van der Waals surface area contributed by atoms with Gasteiger partial charge in [-0.05, 0) is 67.2 Å². The van der Waals surface area contributed by atoms with Crippen LogP contribution in [-0.2, 0) is 19.8 Å². The van der Waals surface area contributed by atoms with Crippen molar-refractivity contribution in [3.63, 3.8) is 0 Å². The Hall–Kier alpha value is -1.88. The molecule has 2 amide bonds. The van der Waals surface area contributed by atoms with Gasteiger partial charge in [-0.25, -0.2) is 32.2 Å². The van der Waals surface area contributed by atoms with E-state index in [9.17, 15) is 22.4 Å². The third-order valence-electron chi connectivity index (χ3n) is 5.42. The predicted octanol–water partition coefficient (Wildman–Crippen LogP) is 4.79. The Balaban J connectivity index is 2.31. The van der Waals surface area contributed by atoms with E-state index in [-0.39, 0.29) is 4.47 Å². The summed E-state index contributed by atoms with van der Waals surface area (Å²) in [7, 11) is -3.81. The Morgan fingerprint density at radius 2 is 1.66 bits per heavy atom. The van der Waals surface area contributed by atoms with Crippen molar-refractivity contribution in [1.29, 1.82) is 0 Å². The van der Waals surface area contributed by atoms with Crippen LogP contribution in [-0.4, -0.2) is 35.3 Å². The molecule has 0 spiro atoms. The summed E-state index contributed by atoms with van der Waals surface area (Å²) in [6.45, 7) is 11.8. The lowest BCUT2D eigenvalue weighted by Crippen LogP contribution is -2.56. The number of rotatable bonds is 2. The van der Waals surface area contributed by atoms with Gasteiger partial charge in [0.25, 0.3) is 10.0 Å². The lowest BCUT2D eigenvalue weighted by molar-refractivity contribution is -0.182. The Bertz CT molecular complexity index is 956. The van der Waals surface area contributed by atoms with Gasteiger partial charge >= 0.3 is 12.2 Å². The quantitative estimate of drug-likeness (QED) is 0.333. The number of sulfonamides is 1. The fourth-order valence-electron chi connectivity index (χ4n) is 2.50. The highest BCUT2D eigenvalue weighted by Crippen LogP contribution is 2.43. The second kappa shape index (κ2) is 7.12. The third kappa shape index (κ3) is 3.94. The molecule has 1 aliphatic rings. The zero-order chi connectivity index (χ0) is 22.6. The molecule has 2 rings (SSSR count). The standard InChI is InChI=1S/C18H24BrFN2O6S/c1-16(2,3)17(4,5)21(11-8-9-13(20)12(19)10-11)14(23)27-28-15(24)22-18(6,7)29(22,25)26/h8-10H,1-7H3. The molecule has 162 valence electrons. The van der Waals surface area contributed by atoms with Gasteiger partial charge in [0.2, 0.25) is 0 Å². The van der Waals surface area contributed by atoms with Gasteiger partial charge < -0.3 is 0 Å². The molecule has 1 heterocycles. The first-order valence-electron chi connectivity index (χ1n) is 8.69. The molecule has 1 fully saturated rings. The fourth-order valence-corrected chi connectivity index (χ4v) is 4.19. The van der Waals surface area contributed by atoms with Crippen LogP contribution in [0.25, 0.3) is 0 Å². The van der Waals surface area contributed by atoms with Crippen molar-refractivity contribution in [2.45, 2.75) is 58.9 Å². The third-order valence-corrected chi connectivity index (χ3v) is 8.38. The van der Waals surface area contributed by atoms with Crippen LogP contribution in [0.5, 0.6) is 0 Å². The molecular formula is C18H24BrFN2O6S. The molecule has 1 saturated heterocycles. The number of hydrogen-bond donors (Lipinski definition) is 0. The summed E-state index contributed by atoms with van der Waals surface area (Å²) in [5.74, 6) is -0.518. The fraction of sp³-hybridized carbons (Fsp3) is 0.556. The monoisotopic (exact) mass is 494 g/mol. The van der Waals surface area contributed by atoms with Crippen molar-refractivity contribution >= 4 is 43.8 Å². The second-order valence-corrected chi connectivity index (χ2v) is 11.8. The molecule has 0 aliphatic carbocycles. The Labute approximate surface area is 178 Å². The van der Waals surface area contributed by atoms with Gasteiger partial charge in [0.1, 0.15) is 5.82 Å². The van der Waals surface area contributed by atoms with Crippen molar-refractivity contribution < 1.29 is 32.2 Å². The van der Waals surface area contributed by atoms with Crippen LogP contribution in [0.2, 0.25) is 0 Å². The van der Waals surface area contributed by atoms with Gasteiger partial charge in [-0.3, -0.25) is 4.90 Å². The minimum atomic E-state index is -3.81. The first kappa shape index (κ1) is 23.4. The molecule has 8 nitrogen and oxygen atoms in total. The number of nitrogens with zero attached hydrogens (tertiary/aromatic N) is 2. The number of anilines is 1. The van der Waals surface area contributed by atoms with E-state index in [4.69, 9.17) is 0 Å². The van der Waals surface area contributed by atoms with Gasteiger partial charge in [-0.1, -0.05) is 20.8 Å². The number of carbonyl (C=O) groups excluding carboxylic acids is 2. The van der Waals surface area contributed by atoms with Crippen LogP contribution >= 0.6 is 15.9 Å². The van der Waals surface area contributed by atoms with Gasteiger partial charge in [-0.2, -0.15) is 4.31 Å². The number of benzene rings is 1. The molecule has 0 unspecified atom stereocenters. The van der Waals surface area contributed by atoms with E-state index in [1.807, 2.05) is 20.8 Å². The highest BCUT2D eigenvalue weighted by atomic mass is 79.9. The van der Waals surface area contributed by atoms with Gasteiger partial charge in [0.15, 0.2) is 4.87 Å².